The number of carbonyl (C=O) groups is 1. The van der Waals surface area contributed by atoms with Crippen LogP contribution in [0.15, 0.2) is 30.3 Å². The number of phenols is 1. The van der Waals surface area contributed by atoms with Crippen molar-refractivity contribution in [1.29, 1.82) is 0 Å². The molecular weight excluding hydrogens is 334 g/mol. The highest BCUT2D eigenvalue weighted by Crippen LogP contribution is 2.31. The summed E-state index contributed by atoms with van der Waals surface area (Å²) in [5.74, 6) is -3.62. The van der Waals surface area contributed by atoms with Crippen LogP contribution in [0.25, 0.3) is 0 Å². The van der Waals surface area contributed by atoms with E-state index in [0.29, 0.717) is 12.1 Å². The van der Waals surface area contributed by atoms with Crippen molar-refractivity contribution < 1.29 is 23.6 Å². The van der Waals surface area contributed by atoms with Gasteiger partial charge in [-0.05, 0) is 12.1 Å². The molecule has 0 spiro atoms. The molecule has 0 aromatic heterocycles. The average Bonchev–Trinajstić information content (AvgIpc) is 2.47. The van der Waals surface area contributed by atoms with Crippen molar-refractivity contribution in [3.63, 3.8) is 0 Å². The third-order valence-electron chi connectivity index (χ3n) is 2.93. The molecular formula is C14H9ClF2N2O4. The molecule has 0 atom stereocenters. The van der Waals surface area contributed by atoms with Crippen LogP contribution in [-0.4, -0.2) is 15.9 Å². The van der Waals surface area contributed by atoms with Crippen LogP contribution in [0.1, 0.15) is 5.56 Å². The van der Waals surface area contributed by atoms with Crippen LogP contribution < -0.4 is 5.32 Å². The van der Waals surface area contributed by atoms with Gasteiger partial charge >= 0.3 is 0 Å². The maximum absolute atomic E-state index is 13.7. The minimum atomic E-state index is -1.21. The number of rotatable bonds is 4. The van der Waals surface area contributed by atoms with Crippen LogP contribution >= 0.6 is 11.6 Å². The molecule has 0 bridgehead atoms. The first kappa shape index (κ1) is 16.6. The number of aromatic hydroxyl groups is 1. The van der Waals surface area contributed by atoms with Crippen molar-refractivity contribution in [3.05, 3.63) is 62.7 Å². The Bertz CT molecular complexity index is 775. The molecule has 2 rings (SSSR count). The molecule has 2 aromatic carbocycles. The van der Waals surface area contributed by atoms with E-state index in [0.717, 1.165) is 0 Å². The number of phenolic OH excluding ortho intramolecular Hbond substituents is 1. The number of amides is 1. The number of carbonyl (C=O) groups excluding carboxylic acids is 1. The molecule has 0 saturated heterocycles. The number of benzene rings is 2. The van der Waals surface area contributed by atoms with E-state index in [1.807, 2.05) is 0 Å². The van der Waals surface area contributed by atoms with Crippen LogP contribution in [0.4, 0.5) is 20.2 Å². The van der Waals surface area contributed by atoms with E-state index in [9.17, 15) is 28.8 Å². The molecule has 120 valence electrons. The lowest BCUT2D eigenvalue weighted by atomic mass is 10.1. The van der Waals surface area contributed by atoms with Crippen LogP contribution in [0, 0.1) is 21.7 Å². The maximum Gasteiger partial charge on any atom is 0.275 e. The Morgan fingerprint density at radius 3 is 2.48 bits per heavy atom. The Morgan fingerprint density at radius 2 is 1.91 bits per heavy atom. The van der Waals surface area contributed by atoms with Gasteiger partial charge in [-0.2, -0.15) is 0 Å². The van der Waals surface area contributed by atoms with Gasteiger partial charge in [-0.15, -0.1) is 0 Å². The van der Waals surface area contributed by atoms with Crippen LogP contribution in [0.3, 0.4) is 0 Å². The topological polar surface area (TPSA) is 92.5 Å². The molecule has 2 N–H and O–H groups in total. The lowest BCUT2D eigenvalue weighted by Gasteiger charge is -2.09. The zero-order valence-electron chi connectivity index (χ0n) is 11.3. The number of nitro groups is 1. The Morgan fingerprint density at radius 1 is 1.30 bits per heavy atom. The van der Waals surface area contributed by atoms with E-state index in [1.54, 1.807) is 0 Å². The van der Waals surface area contributed by atoms with E-state index in [2.05, 4.69) is 5.32 Å². The summed E-state index contributed by atoms with van der Waals surface area (Å²) in [7, 11) is 0. The van der Waals surface area contributed by atoms with Gasteiger partial charge in [0.25, 0.3) is 5.69 Å². The highest BCUT2D eigenvalue weighted by atomic mass is 35.5. The van der Waals surface area contributed by atoms with Gasteiger partial charge in [0, 0.05) is 5.56 Å². The Balaban J connectivity index is 2.21. The first-order valence-electron chi connectivity index (χ1n) is 6.19. The second kappa shape index (κ2) is 6.57. The number of nitro benzene ring substituents is 1. The quantitative estimate of drug-likeness (QED) is 0.506. The van der Waals surface area contributed by atoms with E-state index >= 15 is 0 Å². The molecule has 0 unspecified atom stereocenters. The molecule has 1 amide bonds. The minimum Gasteiger partial charge on any atom is -0.504 e. The lowest BCUT2D eigenvalue weighted by molar-refractivity contribution is -0.385. The Labute approximate surface area is 133 Å². The van der Waals surface area contributed by atoms with Gasteiger partial charge in [0.1, 0.15) is 11.6 Å². The zero-order valence-corrected chi connectivity index (χ0v) is 12.1. The van der Waals surface area contributed by atoms with Crippen molar-refractivity contribution in [2.45, 2.75) is 6.42 Å². The van der Waals surface area contributed by atoms with Gasteiger partial charge in [-0.1, -0.05) is 17.7 Å². The monoisotopic (exact) mass is 342 g/mol. The number of nitrogens with zero attached hydrogens (tertiary/aromatic N) is 1. The fourth-order valence-corrected chi connectivity index (χ4v) is 2.01. The van der Waals surface area contributed by atoms with Crippen LogP contribution in [0.2, 0.25) is 5.02 Å². The average molecular weight is 343 g/mol. The van der Waals surface area contributed by atoms with E-state index in [1.165, 1.54) is 18.2 Å². The van der Waals surface area contributed by atoms with Gasteiger partial charge in [0.05, 0.1) is 34.2 Å². The summed E-state index contributed by atoms with van der Waals surface area (Å²) in [6, 6.07) is 5.26. The molecule has 23 heavy (non-hydrogen) atoms. The summed E-state index contributed by atoms with van der Waals surface area (Å²) in [6.45, 7) is 0. The first-order valence-corrected chi connectivity index (χ1v) is 6.57. The summed E-state index contributed by atoms with van der Waals surface area (Å²) in [5.41, 5.74) is -1.39. The van der Waals surface area contributed by atoms with Crippen molar-refractivity contribution in [2.24, 2.45) is 0 Å². The maximum atomic E-state index is 13.7. The van der Waals surface area contributed by atoms with Gasteiger partial charge in [0.2, 0.25) is 5.91 Å². The number of halogens is 3. The molecule has 0 fully saturated rings. The smallest absolute Gasteiger partial charge is 0.275 e. The van der Waals surface area contributed by atoms with Crippen molar-refractivity contribution in [2.75, 3.05) is 5.32 Å². The third kappa shape index (κ3) is 3.72. The van der Waals surface area contributed by atoms with E-state index < -0.39 is 40.1 Å². The Kier molecular flexibility index (Phi) is 4.75. The fourth-order valence-electron chi connectivity index (χ4n) is 1.84. The summed E-state index contributed by atoms with van der Waals surface area (Å²) in [4.78, 5) is 21.4. The zero-order chi connectivity index (χ0) is 17.1. The number of non-ortho nitro benzene ring substituents is 1. The molecule has 0 aliphatic carbocycles. The molecule has 9 heteroatoms. The second-order valence-corrected chi connectivity index (χ2v) is 4.91. The van der Waals surface area contributed by atoms with E-state index in [4.69, 9.17) is 11.6 Å². The highest BCUT2D eigenvalue weighted by molar-refractivity contribution is 6.32. The standard InChI is InChI=1S/C14H9ClF2N2O4/c15-9-2-1-3-12(14(9)21)18-13(20)6-8-10(16)4-7(19(22)23)5-11(8)17/h1-5,21H,6H2,(H,18,20). The molecule has 0 aliphatic rings. The number of anilines is 1. The summed E-state index contributed by atoms with van der Waals surface area (Å²) in [5, 5.41) is 22.4. The SMILES string of the molecule is O=C(Cc1c(F)cc([N+](=O)[O-])cc1F)Nc1cccc(Cl)c1O. The summed E-state index contributed by atoms with van der Waals surface area (Å²) >= 11 is 5.67. The molecule has 0 radical (unpaired) electrons. The van der Waals surface area contributed by atoms with E-state index in [-0.39, 0.29) is 16.5 Å². The number of hydrogen-bond donors (Lipinski definition) is 2. The minimum absolute atomic E-state index is 0.00417. The number of hydrogen-bond acceptors (Lipinski definition) is 4. The predicted molar refractivity (Wildman–Crippen MR) is 78.5 cm³/mol. The normalized spacial score (nSPS) is 10.4. The largest absolute Gasteiger partial charge is 0.504 e. The Hall–Kier alpha value is -2.74. The van der Waals surface area contributed by atoms with Crippen molar-refractivity contribution >= 4 is 28.9 Å². The summed E-state index contributed by atoms with van der Waals surface area (Å²) in [6.07, 6.45) is -0.707. The molecule has 0 heterocycles. The number of para-hydroxylation sites is 1. The number of nitrogens with one attached hydrogen (secondary N) is 1. The lowest BCUT2D eigenvalue weighted by Crippen LogP contribution is -2.16. The van der Waals surface area contributed by atoms with Crippen molar-refractivity contribution in [1.82, 2.24) is 0 Å². The van der Waals surface area contributed by atoms with Gasteiger partial charge in [-0.3, -0.25) is 14.9 Å². The molecule has 0 saturated carbocycles. The van der Waals surface area contributed by atoms with Crippen LogP contribution in [-0.2, 0) is 11.2 Å². The van der Waals surface area contributed by atoms with Gasteiger partial charge in [0.15, 0.2) is 5.75 Å². The fraction of sp³-hybridized carbons (Fsp3) is 0.0714. The highest BCUT2D eigenvalue weighted by Gasteiger charge is 2.20. The van der Waals surface area contributed by atoms with Crippen LogP contribution in [0.5, 0.6) is 5.75 Å². The third-order valence-corrected chi connectivity index (χ3v) is 3.24. The molecule has 2 aromatic rings. The van der Waals surface area contributed by atoms with Crippen molar-refractivity contribution in [3.8, 4) is 5.75 Å². The first-order chi connectivity index (χ1) is 10.8. The molecule has 0 aliphatic heterocycles. The second-order valence-electron chi connectivity index (χ2n) is 4.51. The summed E-state index contributed by atoms with van der Waals surface area (Å²) < 4.78 is 27.4. The van der Waals surface area contributed by atoms with Gasteiger partial charge in [-0.25, -0.2) is 8.78 Å². The van der Waals surface area contributed by atoms with Gasteiger partial charge < -0.3 is 10.4 Å². The predicted octanol–water partition coefficient (Wildman–Crippen LogP) is 3.41. The molecule has 6 nitrogen and oxygen atoms in total.